The predicted molar refractivity (Wildman–Crippen MR) is 54.2 cm³/mol. The maximum Gasteiger partial charge on any atom is 0.255 e. The molecule has 0 fully saturated rings. The summed E-state index contributed by atoms with van der Waals surface area (Å²) in [5.41, 5.74) is 5.31. The van der Waals surface area contributed by atoms with Gasteiger partial charge in [0.05, 0.1) is 17.5 Å². The molecule has 82 valence electrons. The second kappa shape index (κ2) is 5.85. The smallest absolute Gasteiger partial charge is 0.255 e. The van der Waals surface area contributed by atoms with Crippen LogP contribution in [0.5, 0.6) is 0 Å². The molecule has 0 aliphatic rings. The Morgan fingerprint density at radius 2 is 2.07 bits per heavy atom. The van der Waals surface area contributed by atoms with Crippen molar-refractivity contribution in [1.29, 1.82) is 0 Å². The third kappa shape index (κ3) is 3.95. The highest BCUT2D eigenvalue weighted by atomic mass is 32.1. The Bertz CT molecular complexity index is 223. The third-order valence-electron chi connectivity index (χ3n) is 1.84. The summed E-state index contributed by atoms with van der Waals surface area (Å²) < 4.78 is 23.9. The number of carbonyl (C=O) groups excluding carboxylic acids is 1. The lowest BCUT2D eigenvalue weighted by Crippen LogP contribution is -2.40. The van der Waals surface area contributed by atoms with Crippen LogP contribution in [0.15, 0.2) is 0 Å². The van der Waals surface area contributed by atoms with Gasteiger partial charge < -0.3 is 10.6 Å². The van der Waals surface area contributed by atoms with Crippen LogP contribution in [0.25, 0.3) is 0 Å². The SMILES string of the molecule is CCC(C(=O)N(C)CC(F)F)C(N)=S. The molecule has 0 saturated carbocycles. The molecule has 6 heteroatoms. The van der Waals surface area contributed by atoms with Gasteiger partial charge in [-0.15, -0.1) is 0 Å². The van der Waals surface area contributed by atoms with Crippen molar-refractivity contribution < 1.29 is 13.6 Å². The summed E-state index contributed by atoms with van der Waals surface area (Å²) in [4.78, 5) is 12.5. The Morgan fingerprint density at radius 1 is 1.57 bits per heavy atom. The van der Waals surface area contributed by atoms with Crippen LogP contribution in [0.3, 0.4) is 0 Å². The van der Waals surface area contributed by atoms with Crippen LogP contribution >= 0.6 is 12.2 Å². The minimum Gasteiger partial charge on any atom is -0.393 e. The molecule has 2 N–H and O–H groups in total. The van der Waals surface area contributed by atoms with Crippen LogP contribution in [0.4, 0.5) is 8.78 Å². The van der Waals surface area contributed by atoms with Crippen molar-refractivity contribution in [3.8, 4) is 0 Å². The van der Waals surface area contributed by atoms with Crippen LogP contribution in [-0.2, 0) is 4.79 Å². The van der Waals surface area contributed by atoms with Gasteiger partial charge in [0.1, 0.15) is 0 Å². The van der Waals surface area contributed by atoms with Crippen molar-refractivity contribution in [2.24, 2.45) is 11.7 Å². The Kier molecular flexibility index (Phi) is 5.52. The van der Waals surface area contributed by atoms with Gasteiger partial charge in [0.2, 0.25) is 5.91 Å². The highest BCUT2D eigenvalue weighted by Gasteiger charge is 2.24. The molecule has 1 atom stereocenters. The van der Waals surface area contributed by atoms with E-state index in [9.17, 15) is 13.6 Å². The molecule has 0 saturated heterocycles. The zero-order chi connectivity index (χ0) is 11.3. The van der Waals surface area contributed by atoms with E-state index in [1.807, 2.05) is 0 Å². The lowest BCUT2D eigenvalue weighted by molar-refractivity contribution is -0.133. The molecular weight excluding hydrogens is 210 g/mol. The third-order valence-corrected chi connectivity index (χ3v) is 2.12. The minimum atomic E-state index is -2.53. The van der Waals surface area contributed by atoms with Crippen molar-refractivity contribution in [3.05, 3.63) is 0 Å². The van der Waals surface area contributed by atoms with Gasteiger partial charge in [0, 0.05) is 7.05 Å². The molecule has 3 nitrogen and oxygen atoms in total. The van der Waals surface area contributed by atoms with Crippen LogP contribution in [0.1, 0.15) is 13.3 Å². The average molecular weight is 224 g/mol. The molecular formula is C8H14F2N2OS. The van der Waals surface area contributed by atoms with Crippen LogP contribution in [0, 0.1) is 5.92 Å². The summed E-state index contributed by atoms with van der Waals surface area (Å²) in [6, 6.07) is 0. The highest BCUT2D eigenvalue weighted by Crippen LogP contribution is 2.08. The monoisotopic (exact) mass is 224 g/mol. The van der Waals surface area contributed by atoms with E-state index in [1.165, 1.54) is 7.05 Å². The van der Waals surface area contributed by atoms with Gasteiger partial charge in [-0.25, -0.2) is 8.78 Å². The molecule has 14 heavy (non-hydrogen) atoms. The molecule has 0 aromatic heterocycles. The van der Waals surface area contributed by atoms with Gasteiger partial charge >= 0.3 is 0 Å². The van der Waals surface area contributed by atoms with E-state index in [0.29, 0.717) is 6.42 Å². The molecule has 0 aliphatic heterocycles. The fourth-order valence-corrected chi connectivity index (χ4v) is 1.33. The van der Waals surface area contributed by atoms with E-state index in [-0.39, 0.29) is 4.99 Å². The summed E-state index contributed by atoms with van der Waals surface area (Å²) in [6.07, 6.45) is -2.10. The Balaban J connectivity index is 4.35. The molecule has 0 aromatic carbocycles. The van der Waals surface area contributed by atoms with Gasteiger partial charge in [0.15, 0.2) is 0 Å². The Morgan fingerprint density at radius 3 is 2.36 bits per heavy atom. The molecule has 1 unspecified atom stereocenters. The number of rotatable bonds is 5. The van der Waals surface area contributed by atoms with E-state index < -0.39 is 24.8 Å². The molecule has 1 amide bonds. The first-order chi connectivity index (χ1) is 6.40. The molecule has 0 spiro atoms. The largest absolute Gasteiger partial charge is 0.393 e. The van der Waals surface area contributed by atoms with Gasteiger partial charge in [-0.1, -0.05) is 19.1 Å². The normalized spacial score (nSPS) is 12.6. The van der Waals surface area contributed by atoms with Crippen LogP contribution < -0.4 is 5.73 Å². The molecule has 0 bridgehead atoms. The number of nitrogens with two attached hydrogens (primary N) is 1. The van der Waals surface area contributed by atoms with Crippen molar-refractivity contribution in [1.82, 2.24) is 4.90 Å². The lowest BCUT2D eigenvalue weighted by Gasteiger charge is -2.21. The maximum atomic E-state index is 12.0. The quantitative estimate of drug-likeness (QED) is 0.709. The summed E-state index contributed by atoms with van der Waals surface area (Å²) in [6.45, 7) is 1.15. The fraction of sp³-hybridized carbons (Fsp3) is 0.750. The van der Waals surface area contributed by atoms with E-state index in [1.54, 1.807) is 6.92 Å². The Labute approximate surface area is 87.2 Å². The van der Waals surface area contributed by atoms with E-state index in [4.69, 9.17) is 5.73 Å². The van der Waals surface area contributed by atoms with Crippen LogP contribution in [0.2, 0.25) is 0 Å². The van der Waals surface area contributed by atoms with Crippen molar-refractivity contribution in [3.63, 3.8) is 0 Å². The van der Waals surface area contributed by atoms with E-state index >= 15 is 0 Å². The number of carbonyl (C=O) groups is 1. The predicted octanol–water partition coefficient (Wildman–Crippen LogP) is 1.02. The first kappa shape index (κ1) is 13.2. The number of nitrogens with zero attached hydrogens (tertiary/aromatic N) is 1. The van der Waals surface area contributed by atoms with Crippen LogP contribution in [-0.4, -0.2) is 35.8 Å². The molecule has 0 heterocycles. The van der Waals surface area contributed by atoms with Gasteiger partial charge in [0.25, 0.3) is 6.43 Å². The van der Waals surface area contributed by atoms with Gasteiger partial charge in [-0.05, 0) is 6.42 Å². The van der Waals surface area contributed by atoms with E-state index in [0.717, 1.165) is 4.90 Å². The second-order valence-electron chi connectivity index (χ2n) is 2.97. The molecule has 0 aliphatic carbocycles. The maximum absolute atomic E-state index is 12.0. The second-order valence-corrected chi connectivity index (χ2v) is 3.44. The standard InChI is InChI=1S/C8H14F2N2OS/c1-3-5(7(11)14)8(13)12(2)4-6(9)10/h5-6H,3-4H2,1-2H3,(H2,11,14). The zero-order valence-electron chi connectivity index (χ0n) is 8.17. The van der Waals surface area contributed by atoms with Gasteiger partial charge in [-0.2, -0.15) is 0 Å². The number of halogens is 2. The zero-order valence-corrected chi connectivity index (χ0v) is 8.98. The number of hydrogen-bond acceptors (Lipinski definition) is 2. The molecule has 0 aromatic rings. The van der Waals surface area contributed by atoms with Crippen molar-refractivity contribution >= 4 is 23.1 Å². The highest BCUT2D eigenvalue weighted by molar-refractivity contribution is 7.80. The number of amides is 1. The number of alkyl halides is 2. The van der Waals surface area contributed by atoms with Gasteiger partial charge in [-0.3, -0.25) is 4.79 Å². The summed E-state index contributed by atoms with van der Waals surface area (Å²) in [5, 5.41) is 0. The minimum absolute atomic E-state index is 0.0543. The molecule has 0 rings (SSSR count). The van der Waals surface area contributed by atoms with Crippen molar-refractivity contribution in [2.75, 3.05) is 13.6 Å². The first-order valence-electron chi connectivity index (χ1n) is 4.22. The topological polar surface area (TPSA) is 46.3 Å². The average Bonchev–Trinajstić information content (AvgIpc) is 2.03. The fourth-order valence-electron chi connectivity index (χ4n) is 1.06. The lowest BCUT2D eigenvalue weighted by atomic mass is 10.1. The molecule has 0 radical (unpaired) electrons. The summed E-state index contributed by atoms with van der Waals surface area (Å²) in [5.74, 6) is -1.07. The Hall–Kier alpha value is -0.780. The number of thiocarbonyl (C=S) groups is 1. The van der Waals surface area contributed by atoms with Crippen molar-refractivity contribution in [2.45, 2.75) is 19.8 Å². The first-order valence-corrected chi connectivity index (χ1v) is 4.63. The summed E-state index contributed by atoms with van der Waals surface area (Å²) in [7, 11) is 1.31. The van der Waals surface area contributed by atoms with E-state index in [2.05, 4.69) is 12.2 Å². The summed E-state index contributed by atoms with van der Waals surface area (Å²) >= 11 is 4.67. The number of hydrogen-bond donors (Lipinski definition) is 1.